The summed E-state index contributed by atoms with van der Waals surface area (Å²) in [4.78, 5) is 37.9. The Morgan fingerprint density at radius 1 is 1.23 bits per heavy atom. The van der Waals surface area contributed by atoms with Gasteiger partial charge in [-0.2, -0.15) is 0 Å². The van der Waals surface area contributed by atoms with E-state index in [0.717, 1.165) is 25.7 Å². The van der Waals surface area contributed by atoms with Gasteiger partial charge in [-0.05, 0) is 42.9 Å². The van der Waals surface area contributed by atoms with Crippen LogP contribution in [-0.4, -0.2) is 47.6 Å². The van der Waals surface area contributed by atoms with Crippen molar-refractivity contribution in [1.82, 2.24) is 15.7 Å². The van der Waals surface area contributed by atoms with Gasteiger partial charge in [-0.25, -0.2) is 10.3 Å². The predicted molar refractivity (Wildman–Crippen MR) is 116 cm³/mol. The molecule has 0 radical (unpaired) electrons. The Bertz CT molecular complexity index is 756. The van der Waals surface area contributed by atoms with E-state index >= 15 is 0 Å². The third-order valence-corrected chi connectivity index (χ3v) is 5.63. The molecule has 1 fully saturated rings. The molecule has 30 heavy (non-hydrogen) atoms. The van der Waals surface area contributed by atoms with Gasteiger partial charge in [0.1, 0.15) is 6.54 Å². The van der Waals surface area contributed by atoms with Gasteiger partial charge in [0.05, 0.1) is 10.7 Å². The lowest BCUT2D eigenvalue weighted by Gasteiger charge is -2.26. The highest BCUT2D eigenvalue weighted by molar-refractivity contribution is 6.36. The Labute approximate surface area is 186 Å². The number of hydrogen-bond acceptors (Lipinski definition) is 4. The molecule has 1 saturated carbocycles. The summed E-state index contributed by atoms with van der Waals surface area (Å²) in [6, 6.07) is 4.30. The zero-order chi connectivity index (χ0) is 22.1. The number of hydrogen-bond donors (Lipinski definition) is 4. The van der Waals surface area contributed by atoms with Crippen LogP contribution in [0.15, 0.2) is 18.2 Å². The minimum atomic E-state index is -0.619. The first-order valence-corrected chi connectivity index (χ1v) is 10.7. The van der Waals surface area contributed by atoms with E-state index in [-0.39, 0.29) is 31.3 Å². The first kappa shape index (κ1) is 24.2. The van der Waals surface area contributed by atoms with Gasteiger partial charge >= 0.3 is 6.03 Å². The highest BCUT2D eigenvalue weighted by atomic mass is 35.5. The van der Waals surface area contributed by atoms with Crippen molar-refractivity contribution in [3.63, 3.8) is 0 Å². The largest absolute Gasteiger partial charge is 0.338 e. The summed E-state index contributed by atoms with van der Waals surface area (Å²) in [6.45, 7) is 2.43. The fourth-order valence-corrected chi connectivity index (χ4v) is 3.95. The molecule has 1 aliphatic rings. The second kappa shape index (κ2) is 12.0. The summed E-state index contributed by atoms with van der Waals surface area (Å²) in [5.74, 6) is -0.566. The van der Waals surface area contributed by atoms with Crippen LogP contribution in [0.2, 0.25) is 10.0 Å². The number of carbonyl (C=O) groups is 3. The third kappa shape index (κ3) is 8.01. The maximum Gasteiger partial charge on any atom is 0.319 e. The highest BCUT2D eigenvalue weighted by Gasteiger charge is 2.24. The normalized spacial score (nSPS) is 14.8. The predicted octanol–water partition coefficient (Wildman–Crippen LogP) is 3.67. The van der Waals surface area contributed by atoms with Crippen LogP contribution in [-0.2, 0) is 9.59 Å². The number of urea groups is 1. The van der Waals surface area contributed by atoms with Gasteiger partial charge in [-0.1, -0.05) is 43.0 Å². The van der Waals surface area contributed by atoms with E-state index < -0.39 is 11.9 Å². The smallest absolute Gasteiger partial charge is 0.319 e. The molecular weight excluding hydrogens is 431 g/mol. The Morgan fingerprint density at radius 3 is 2.57 bits per heavy atom. The van der Waals surface area contributed by atoms with E-state index in [4.69, 9.17) is 28.4 Å². The van der Waals surface area contributed by atoms with Crippen LogP contribution in [0.3, 0.4) is 0 Å². The van der Waals surface area contributed by atoms with Gasteiger partial charge in [0.25, 0.3) is 5.91 Å². The molecule has 2 rings (SSSR count). The molecule has 8 nitrogen and oxygen atoms in total. The lowest BCUT2D eigenvalue weighted by atomic mass is 10.0. The van der Waals surface area contributed by atoms with Crippen molar-refractivity contribution in [3.05, 3.63) is 28.2 Å². The quantitative estimate of drug-likeness (QED) is 0.334. The lowest BCUT2D eigenvalue weighted by Crippen LogP contribution is -2.43. The number of hydroxylamine groups is 1. The lowest BCUT2D eigenvalue weighted by molar-refractivity contribution is -0.140. The average molecular weight is 459 g/mol. The van der Waals surface area contributed by atoms with E-state index in [1.807, 2.05) is 6.92 Å². The third-order valence-electron chi connectivity index (χ3n) is 5.08. The van der Waals surface area contributed by atoms with Gasteiger partial charge in [0.15, 0.2) is 0 Å². The highest BCUT2D eigenvalue weighted by Crippen LogP contribution is 2.26. The standard InChI is InChI=1S/C20H28Cl2N4O4/c1-13(10-23-20(29)24-17-7-6-15(21)9-16(17)22)8-19(28)26(12-18(27)25-30)11-14-4-2-3-5-14/h6-7,9,13-14,30H,2-5,8,10-12H2,1H3,(H,25,27)(H2,23,24,29). The molecule has 0 aliphatic heterocycles. The fraction of sp³-hybridized carbons (Fsp3) is 0.550. The van der Waals surface area contributed by atoms with E-state index in [1.54, 1.807) is 17.6 Å². The monoisotopic (exact) mass is 458 g/mol. The van der Waals surface area contributed by atoms with Crippen molar-refractivity contribution in [1.29, 1.82) is 0 Å². The van der Waals surface area contributed by atoms with Crippen LogP contribution < -0.4 is 16.1 Å². The number of anilines is 1. The van der Waals surface area contributed by atoms with Crippen LogP contribution in [0.1, 0.15) is 39.0 Å². The molecule has 0 spiro atoms. The zero-order valence-corrected chi connectivity index (χ0v) is 18.4. The van der Waals surface area contributed by atoms with Crippen LogP contribution in [0.4, 0.5) is 10.5 Å². The van der Waals surface area contributed by atoms with Gasteiger partial charge in [0, 0.05) is 24.5 Å². The summed E-state index contributed by atoms with van der Waals surface area (Å²) in [5, 5.41) is 14.9. The van der Waals surface area contributed by atoms with E-state index in [1.165, 1.54) is 11.0 Å². The number of rotatable bonds is 9. The Kier molecular flexibility index (Phi) is 9.68. The van der Waals surface area contributed by atoms with Crippen molar-refractivity contribution in [2.24, 2.45) is 11.8 Å². The number of carbonyl (C=O) groups excluding carboxylic acids is 3. The van der Waals surface area contributed by atoms with E-state index in [9.17, 15) is 14.4 Å². The van der Waals surface area contributed by atoms with Crippen molar-refractivity contribution in [2.75, 3.05) is 25.0 Å². The second-order valence-electron chi connectivity index (χ2n) is 7.73. The van der Waals surface area contributed by atoms with Crippen LogP contribution in [0, 0.1) is 11.8 Å². The number of nitrogens with one attached hydrogen (secondary N) is 3. The Hall–Kier alpha value is -2.03. The SMILES string of the molecule is CC(CNC(=O)Nc1ccc(Cl)cc1Cl)CC(=O)N(CC(=O)NO)CC1CCCC1. The summed E-state index contributed by atoms with van der Waals surface area (Å²) >= 11 is 11.9. The molecule has 4 N–H and O–H groups in total. The van der Waals surface area contributed by atoms with Gasteiger partial charge < -0.3 is 15.5 Å². The van der Waals surface area contributed by atoms with Crippen LogP contribution >= 0.6 is 23.2 Å². The van der Waals surface area contributed by atoms with Crippen molar-refractivity contribution in [3.8, 4) is 0 Å². The molecule has 1 atom stereocenters. The first-order valence-electron chi connectivity index (χ1n) is 9.99. The summed E-state index contributed by atoms with van der Waals surface area (Å²) < 4.78 is 0. The molecular formula is C20H28Cl2N4O4. The molecule has 1 aromatic rings. The topological polar surface area (TPSA) is 111 Å². The average Bonchev–Trinajstić information content (AvgIpc) is 3.21. The second-order valence-corrected chi connectivity index (χ2v) is 8.57. The van der Waals surface area contributed by atoms with Gasteiger partial charge in [-0.15, -0.1) is 0 Å². The maximum atomic E-state index is 12.7. The number of nitrogens with zero attached hydrogens (tertiary/aromatic N) is 1. The fourth-order valence-electron chi connectivity index (χ4n) is 3.49. The maximum absolute atomic E-state index is 12.7. The Morgan fingerprint density at radius 2 is 1.93 bits per heavy atom. The molecule has 10 heteroatoms. The first-order chi connectivity index (χ1) is 14.3. The van der Waals surface area contributed by atoms with Crippen LogP contribution in [0.25, 0.3) is 0 Å². The number of benzene rings is 1. The van der Waals surface area contributed by atoms with Crippen molar-refractivity contribution in [2.45, 2.75) is 39.0 Å². The molecule has 0 bridgehead atoms. The summed E-state index contributed by atoms with van der Waals surface area (Å²) in [7, 11) is 0. The molecule has 0 saturated heterocycles. The molecule has 1 aliphatic carbocycles. The van der Waals surface area contributed by atoms with Gasteiger partial charge in [-0.3, -0.25) is 14.8 Å². The minimum Gasteiger partial charge on any atom is -0.338 e. The zero-order valence-electron chi connectivity index (χ0n) is 16.9. The molecule has 4 amide bonds. The van der Waals surface area contributed by atoms with Crippen molar-refractivity contribution < 1.29 is 19.6 Å². The molecule has 0 heterocycles. The van der Waals surface area contributed by atoms with Crippen LogP contribution in [0.5, 0.6) is 0 Å². The molecule has 1 aromatic carbocycles. The van der Waals surface area contributed by atoms with E-state index in [0.29, 0.717) is 28.2 Å². The minimum absolute atomic E-state index is 0.146. The number of halogens is 2. The van der Waals surface area contributed by atoms with E-state index in [2.05, 4.69) is 10.6 Å². The van der Waals surface area contributed by atoms with Crippen molar-refractivity contribution >= 4 is 46.7 Å². The number of amides is 4. The van der Waals surface area contributed by atoms with Gasteiger partial charge in [0.2, 0.25) is 5.91 Å². The summed E-state index contributed by atoms with van der Waals surface area (Å²) in [6.07, 6.45) is 4.51. The molecule has 0 aromatic heterocycles. The molecule has 166 valence electrons. The Balaban J connectivity index is 1.82. The molecule has 1 unspecified atom stereocenters. The summed E-state index contributed by atoms with van der Waals surface area (Å²) in [5.41, 5.74) is 2.01.